The maximum absolute atomic E-state index is 12.8. The number of nitrogen functional groups attached to an aromatic ring is 1. The van der Waals surface area contributed by atoms with E-state index in [1.54, 1.807) is 7.11 Å². The first kappa shape index (κ1) is 17.0. The highest BCUT2D eigenvalue weighted by Crippen LogP contribution is 2.30. The third-order valence-electron chi connectivity index (χ3n) is 3.83. The van der Waals surface area contributed by atoms with Crippen LogP contribution in [0.4, 0.5) is 16.6 Å². The van der Waals surface area contributed by atoms with E-state index in [-0.39, 0.29) is 11.6 Å². The van der Waals surface area contributed by atoms with E-state index in [9.17, 15) is 4.79 Å². The Morgan fingerprint density at radius 2 is 1.88 bits per heavy atom. The summed E-state index contributed by atoms with van der Waals surface area (Å²) < 4.78 is 5.14. The third kappa shape index (κ3) is 3.64. The van der Waals surface area contributed by atoms with Crippen molar-refractivity contribution in [2.24, 2.45) is 0 Å². The molecule has 0 spiro atoms. The number of nitrogens with one attached hydrogen (secondary N) is 1. The Morgan fingerprint density at radius 3 is 2.52 bits per heavy atom. The molecule has 3 rings (SSSR count). The number of aromatic nitrogens is 1. The number of nitrogens with zero attached hydrogens (tertiary/aromatic N) is 1. The number of anilines is 3. The molecule has 0 radical (unpaired) electrons. The number of hydrogen-bond acceptors (Lipinski definition) is 6. The molecule has 5 nitrogen and oxygen atoms in total. The van der Waals surface area contributed by atoms with Crippen LogP contribution in [0.1, 0.15) is 26.4 Å². The fraction of sp³-hybridized carbons (Fsp3) is 0.158. The van der Waals surface area contributed by atoms with E-state index in [2.05, 4.69) is 10.3 Å². The van der Waals surface area contributed by atoms with Crippen LogP contribution in [0.25, 0.3) is 0 Å². The first-order valence-electron chi connectivity index (χ1n) is 7.77. The van der Waals surface area contributed by atoms with Gasteiger partial charge in [-0.05, 0) is 43.7 Å². The Morgan fingerprint density at radius 1 is 1.16 bits per heavy atom. The third-order valence-corrected chi connectivity index (χ3v) is 4.81. The predicted molar refractivity (Wildman–Crippen MR) is 102 cm³/mol. The summed E-state index contributed by atoms with van der Waals surface area (Å²) in [5, 5.41) is 3.75. The van der Waals surface area contributed by atoms with E-state index in [1.807, 2.05) is 56.3 Å². The zero-order valence-electron chi connectivity index (χ0n) is 14.3. The summed E-state index contributed by atoms with van der Waals surface area (Å²) in [5.41, 5.74) is 9.53. The molecule has 25 heavy (non-hydrogen) atoms. The van der Waals surface area contributed by atoms with Gasteiger partial charge in [0.25, 0.3) is 0 Å². The number of thiazole rings is 1. The van der Waals surface area contributed by atoms with Crippen molar-refractivity contribution in [3.05, 3.63) is 64.0 Å². The molecule has 0 amide bonds. The van der Waals surface area contributed by atoms with Crippen molar-refractivity contribution in [1.82, 2.24) is 4.98 Å². The van der Waals surface area contributed by atoms with Gasteiger partial charge in [-0.1, -0.05) is 35.1 Å². The zero-order chi connectivity index (χ0) is 18.0. The maximum atomic E-state index is 12.8. The quantitative estimate of drug-likeness (QED) is 0.668. The summed E-state index contributed by atoms with van der Waals surface area (Å²) in [5.74, 6) is 0.913. The van der Waals surface area contributed by atoms with Crippen molar-refractivity contribution in [2.75, 3.05) is 18.2 Å². The van der Waals surface area contributed by atoms with Crippen LogP contribution >= 0.6 is 11.3 Å². The van der Waals surface area contributed by atoms with Gasteiger partial charge >= 0.3 is 0 Å². The Hall–Kier alpha value is -2.86. The fourth-order valence-corrected chi connectivity index (χ4v) is 3.40. The molecule has 0 aliphatic carbocycles. The van der Waals surface area contributed by atoms with Crippen molar-refractivity contribution in [3.63, 3.8) is 0 Å². The SMILES string of the molecule is COc1ccc(Nc2nc(N)c(C(=O)c3ccc(C)cc3C)s2)cc1. The largest absolute Gasteiger partial charge is 0.497 e. The number of hydrogen-bond donors (Lipinski definition) is 2. The molecule has 0 saturated carbocycles. The lowest BCUT2D eigenvalue weighted by molar-refractivity contribution is 0.104. The topological polar surface area (TPSA) is 77.2 Å². The first-order chi connectivity index (χ1) is 12.0. The first-order valence-corrected chi connectivity index (χ1v) is 8.59. The maximum Gasteiger partial charge on any atom is 0.207 e. The Balaban J connectivity index is 1.85. The van der Waals surface area contributed by atoms with Gasteiger partial charge < -0.3 is 15.8 Å². The van der Waals surface area contributed by atoms with Gasteiger partial charge in [0.05, 0.1) is 7.11 Å². The summed E-state index contributed by atoms with van der Waals surface area (Å²) in [7, 11) is 1.62. The van der Waals surface area contributed by atoms with E-state index in [0.29, 0.717) is 15.6 Å². The lowest BCUT2D eigenvalue weighted by atomic mass is 10.0. The standard InChI is InChI=1S/C19H19N3O2S/c1-11-4-9-15(12(2)10-11)16(23)17-18(20)22-19(25-17)21-13-5-7-14(24-3)8-6-13/h4-10H,20H2,1-3H3,(H,21,22). The van der Waals surface area contributed by atoms with E-state index in [4.69, 9.17) is 10.5 Å². The number of ketones is 1. The predicted octanol–water partition coefficient (Wildman–Crippen LogP) is 4.33. The van der Waals surface area contributed by atoms with Crippen LogP contribution in [-0.4, -0.2) is 17.9 Å². The summed E-state index contributed by atoms with van der Waals surface area (Å²) in [4.78, 5) is 17.5. The molecule has 0 aliphatic heterocycles. The molecule has 2 aromatic carbocycles. The number of carbonyl (C=O) groups excluding carboxylic acids is 1. The number of benzene rings is 2. The average Bonchev–Trinajstić information content (AvgIpc) is 2.95. The minimum atomic E-state index is -0.102. The van der Waals surface area contributed by atoms with Crippen molar-refractivity contribution in [3.8, 4) is 5.75 Å². The second-order valence-electron chi connectivity index (χ2n) is 5.73. The van der Waals surface area contributed by atoms with Crippen LogP contribution in [0.3, 0.4) is 0 Å². The zero-order valence-corrected chi connectivity index (χ0v) is 15.1. The van der Waals surface area contributed by atoms with Gasteiger partial charge in [0.15, 0.2) is 5.13 Å². The number of ether oxygens (including phenoxy) is 1. The van der Waals surface area contributed by atoms with Gasteiger partial charge in [0.1, 0.15) is 16.4 Å². The minimum absolute atomic E-state index is 0.102. The molecule has 0 atom stereocenters. The highest BCUT2D eigenvalue weighted by molar-refractivity contribution is 7.18. The van der Waals surface area contributed by atoms with E-state index in [0.717, 1.165) is 22.6 Å². The van der Waals surface area contributed by atoms with Gasteiger partial charge in [-0.3, -0.25) is 4.79 Å². The van der Waals surface area contributed by atoms with Gasteiger partial charge in [0.2, 0.25) is 5.78 Å². The van der Waals surface area contributed by atoms with E-state index < -0.39 is 0 Å². The smallest absolute Gasteiger partial charge is 0.207 e. The number of rotatable bonds is 5. The van der Waals surface area contributed by atoms with Crippen LogP contribution in [0, 0.1) is 13.8 Å². The lowest BCUT2D eigenvalue weighted by Gasteiger charge is -2.05. The molecule has 0 aliphatic rings. The molecule has 3 aromatic rings. The Kier molecular flexibility index (Phi) is 4.72. The molecule has 1 heterocycles. The molecule has 3 N–H and O–H groups in total. The Labute approximate surface area is 150 Å². The van der Waals surface area contributed by atoms with Crippen LogP contribution in [-0.2, 0) is 0 Å². The normalized spacial score (nSPS) is 10.5. The molecule has 128 valence electrons. The molecule has 0 unspecified atom stereocenters. The van der Waals surface area contributed by atoms with Gasteiger partial charge in [-0.15, -0.1) is 0 Å². The highest BCUT2D eigenvalue weighted by atomic mass is 32.1. The minimum Gasteiger partial charge on any atom is -0.497 e. The lowest BCUT2D eigenvalue weighted by Crippen LogP contribution is -2.04. The molecule has 0 fully saturated rings. The molecule has 0 bridgehead atoms. The van der Waals surface area contributed by atoms with Crippen LogP contribution in [0.2, 0.25) is 0 Å². The highest BCUT2D eigenvalue weighted by Gasteiger charge is 2.19. The summed E-state index contributed by atoms with van der Waals surface area (Å²) in [6.07, 6.45) is 0. The number of aryl methyl sites for hydroxylation is 2. The molecular formula is C19H19N3O2S. The number of methoxy groups -OCH3 is 1. The summed E-state index contributed by atoms with van der Waals surface area (Å²) >= 11 is 1.25. The van der Waals surface area contributed by atoms with Crippen molar-refractivity contribution in [2.45, 2.75) is 13.8 Å². The number of carbonyl (C=O) groups is 1. The van der Waals surface area contributed by atoms with Crippen molar-refractivity contribution >= 4 is 33.8 Å². The molecule has 1 aromatic heterocycles. The van der Waals surface area contributed by atoms with E-state index >= 15 is 0 Å². The van der Waals surface area contributed by atoms with Gasteiger partial charge in [0, 0.05) is 11.3 Å². The van der Waals surface area contributed by atoms with Crippen LogP contribution in [0.15, 0.2) is 42.5 Å². The summed E-state index contributed by atoms with van der Waals surface area (Å²) in [6, 6.07) is 13.2. The fourth-order valence-electron chi connectivity index (χ4n) is 2.54. The van der Waals surface area contributed by atoms with Crippen molar-refractivity contribution < 1.29 is 9.53 Å². The molecule has 6 heteroatoms. The monoisotopic (exact) mass is 353 g/mol. The summed E-state index contributed by atoms with van der Waals surface area (Å²) in [6.45, 7) is 3.92. The van der Waals surface area contributed by atoms with E-state index in [1.165, 1.54) is 11.3 Å². The van der Waals surface area contributed by atoms with Crippen LogP contribution < -0.4 is 15.8 Å². The van der Waals surface area contributed by atoms with Gasteiger partial charge in [-0.25, -0.2) is 4.98 Å². The number of nitrogens with two attached hydrogens (primary N) is 1. The second-order valence-corrected chi connectivity index (χ2v) is 6.73. The van der Waals surface area contributed by atoms with Crippen molar-refractivity contribution in [1.29, 1.82) is 0 Å². The Bertz CT molecular complexity index is 917. The van der Waals surface area contributed by atoms with Gasteiger partial charge in [-0.2, -0.15) is 0 Å². The molecule has 0 saturated heterocycles. The average molecular weight is 353 g/mol. The van der Waals surface area contributed by atoms with Crippen LogP contribution in [0.5, 0.6) is 5.75 Å². The molecular weight excluding hydrogens is 334 g/mol. The second kappa shape index (κ2) is 6.94.